The van der Waals surface area contributed by atoms with Crippen LogP contribution in [0.25, 0.3) is 0 Å². The smallest absolute Gasteiger partial charge is 0.264 e. The molecule has 3 rings (SSSR count). The minimum Gasteiger partial charge on any atom is -0.497 e. The highest BCUT2D eigenvalue weighted by Crippen LogP contribution is 2.32. The van der Waals surface area contributed by atoms with Crippen molar-refractivity contribution >= 4 is 27.5 Å². The number of carbonyl (C=O) groups is 2. The van der Waals surface area contributed by atoms with Crippen LogP contribution >= 0.6 is 0 Å². The average molecular weight is 568 g/mol. The van der Waals surface area contributed by atoms with E-state index in [9.17, 15) is 18.0 Å². The number of hydrogen-bond acceptors (Lipinski definition) is 6. The molecule has 0 heterocycles. The van der Waals surface area contributed by atoms with Gasteiger partial charge in [0, 0.05) is 13.1 Å². The number of nitrogens with zero attached hydrogens (tertiary/aromatic N) is 2. The van der Waals surface area contributed by atoms with E-state index in [0.29, 0.717) is 24.5 Å². The minimum absolute atomic E-state index is 0.0364. The predicted molar refractivity (Wildman–Crippen MR) is 155 cm³/mol. The maximum atomic E-state index is 14.1. The Hall–Kier alpha value is -4.05. The van der Waals surface area contributed by atoms with Gasteiger partial charge in [0.1, 0.15) is 24.1 Å². The van der Waals surface area contributed by atoms with Crippen molar-refractivity contribution in [2.45, 2.75) is 44.7 Å². The third kappa shape index (κ3) is 7.12. The van der Waals surface area contributed by atoms with Crippen LogP contribution in [-0.2, 0) is 26.2 Å². The molecule has 0 radical (unpaired) electrons. The molecule has 40 heavy (non-hydrogen) atoms. The number of carbonyl (C=O) groups excluding carboxylic acids is 2. The number of amides is 2. The molecule has 3 aromatic carbocycles. The van der Waals surface area contributed by atoms with Crippen molar-refractivity contribution in [1.29, 1.82) is 0 Å². The van der Waals surface area contributed by atoms with Crippen molar-refractivity contribution in [3.05, 3.63) is 83.9 Å². The monoisotopic (exact) mass is 567 g/mol. The zero-order valence-electron chi connectivity index (χ0n) is 23.6. The van der Waals surface area contributed by atoms with Crippen LogP contribution in [0.3, 0.4) is 0 Å². The minimum atomic E-state index is -4.19. The molecule has 0 unspecified atom stereocenters. The van der Waals surface area contributed by atoms with Gasteiger partial charge in [-0.25, -0.2) is 8.42 Å². The largest absolute Gasteiger partial charge is 0.497 e. The molecular formula is C30H37N3O6S. The first-order chi connectivity index (χ1) is 19.2. The van der Waals surface area contributed by atoms with Crippen molar-refractivity contribution in [1.82, 2.24) is 10.2 Å². The summed E-state index contributed by atoms with van der Waals surface area (Å²) in [5, 5.41) is 2.80. The predicted octanol–water partition coefficient (Wildman–Crippen LogP) is 4.15. The van der Waals surface area contributed by atoms with Gasteiger partial charge in [0.05, 0.1) is 24.8 Å². The zero-order valence-corrected chi connectivity index (χ0v) is 24.4. The number of hydrogen-bond donors (Lipinski definition) is 1. The average Bonchev–Trinajstić information content (AvgIpc) is 2.96. The molecule has 0 spiro atoms. The summed E-state index contributed by atoms with van der Waals surface area (Å²) in [6.45, 7) is 5.44. The molecule has 0 aliphatic heterocycles. The van der Waals surface area contributed by atoms with E-state index in [4.69, 9.17) is 9.47 Å². The fraction of sp³-hybridized carbons (Fsp3) is 0.333. The van der Waals surface area contributed by atoms with E-state index in [2.05, 4.69) is 5.32 Å². The lowest BCUT2D eigenvalue weighted by atomic mass is 10.1. The lowest BCUT2D eigenvalue weighted by Crippen LogP contribution is -2.52. The van der Waals surface area contributed by atoms with Crippen LogP contribution in [0.2, 0.25) is 0 Å². The molecule has 0 aliphatic carbocycles. The summed E-state index contributed by atoms with van der Waals surface area (Å²) >= 11 is 0. The Labute approximate surface area is 236 Å². The topological polar surface area (TPSA) is 105 Å². The maximum absolute atomic E-state index is 14.1. The third-order valence-corrected chi connectivity index (χ3v) is 8.26. The first kappa shape index (κ1) is 30.5. The molecule has 0 aliphatic rings. The van der Waals surface area contributed by atoms with Gasteiger partial charge in [-0.15, -0.1) is 0 Å². The van der Waals surface area contributed by atoms with Gasteiger partial charge in [0.15, 0.2) is 0 Å². The van der Waals surface area contributed by atoms with E-state index < -0.39 is 28.5 Å². The summed E-state index contributed by atoms with van der Waals surface area (Å²) in [5.74, 6) is 0.111. The van der Waals surface area contributed by atoms with Crippen LogP contribution < -0.4 is 19.1 Å². The fourth-order valence-electron chi connectivity index (χ4n) is 4.33. The Bertz CT molecular complexity index is 1390. The number of benzene rings is 3. The van der Waals surface area contributed by atoms with Gasteiger partial charge in [-0.1, -0.05) is 48.9 Å². The molecule has 1 N–H and O–H groups in total. The summed E-state index contributed by atoms with van der Waals surface area (Å²) in [7, 11) is -1.18. The third-order valence-electron chi connectivity index (χ3n) is 6.49. The number of nitrogens with one attached hydrogen (secondary N) is 1. The quantitative estimate of drug-likeness (QED) is 0.333. The molecule has 10 heteroatoms. The van der Waals surface area contributed by atoms with E-state index >= 15 is 0 Å². The molecule has 0 saturated heterocycles. The first-order valence-corrected chi connectivity index (χ1v) is 14.5. The van der Waals surface area contributed by atoms with E-state index in [-0.39, 0.29) is 23.0 Å². The number of aryl methyl sites for hydroxylation is 1. The van der Waals surface area contributed by atoms with E-state index in [1.807, 2.05) is 26.0 Å². The molecule has 3 aromatic rings. The number of anilines is 1. The van der Waals surface area contributed by atoms with Crippen molar-refractivity contribution in [3.8, 4) is 11.5 Å². The molecule has 1 atom stereocenters. The number of rotatable bonds is 13. The van der Waals surface area contributed by atoms with Crippen molar-refractivity contribution in [2.75, 3.05) is 31.6 Å². The molecule has 214 valence electrons. The number of para-hydroxylation sites is 2. The van der Waals surface area contributed by atoms with Gasteiger partial charge in [-0.2, -0.15) is 0 Å². The molecule has 0 aromatic heterocycles. The molecular weight excluding hydrogens is 530 g/mol. The van der Waals surface area contributed by atoms with Gasteiger partial charge in [-0.05, 0) is 62.2 Å². The summed E-state index contributed by atoms with van der Waals surface area (Å²) in [6.07, 6.45) is 0.340. The number of sulfonamides is 1. The normalized spacial score (nSPS) is 11.8. The molecule has 2 amide bonds. The Morgan fingerprint density at radius 1 is 0.900 bits per heavy atom. The van der Waals surface area contributed by atoms with Crippen molar-refractivity contribution in [3.63, 3.8) is 0 Å². The first-order valence-electron chi connectivity index (χ1n) is 13.1. The Kier molecular flexibility index (Phi) is 10.6. The van der Waals surface area contributed by atoms with Gasteiger partial charge >= 0.3 is 0 Å². The fourth-order valence-corrected chi connectivity index (χ4v) is 5.75. The van der Waals surface area contributed by atoms with Crippen molar-refractivity contribution < 1.29 is 27.5 Å². The van der Waals surface area contributed by atoms with E-state index in [0.717, 1.165) is 15.4 Å². The van der Waals surface area contributed by atoms with Gasteiger partial charge in [0.2, 0.25) is 11.8 Å². The van der Waals surface area contributed by atoms with Gasteiger partial charge in [-0.3, -0.25) is 13.9 Å². The standard InChI is InChI=1S/C30H37N3O6S/c1-6-26(30(35)31-7-2)32(20-23-14-16-24(38-4)17-15-23)29(34)21-33(27-10-8-9-11-28(27)39-5)40(36,37)25-18-12-22(3)13-19-25/h8-19,26H,6-7,20-21H2,1-5H3,(H,31,35)/t26-/m0/s1. The second-order valence-electron chi connectivity index (χ2n) is 9.18. The van der Waals surface area contributed by atoms with Gasteiger partial charge < -0.3 is 19.7 Å². The highest BCUT2D eigenvalue weighted by molar-refractivity contribution is 7.92. The molecule has 0 fully saturated rings. The maximum Gasteiger partial charge on any atom is 0.264 e. The Morgan fingerprint density at radius 2 is 1.55 bits per heavy atom. The number of ether oxygens (including phenoxy) is 2. The lowest BCUT2D eigenvalue weighted by Gasteiger charge is -2.33. The van der Waals surface area contributed by atoms with Crippen molar-refractivity contribution in [2.24, 2.45) is 0 Å². The highest BCUT2D eigenvalue weighted by Gasteiger charge is 2.34. The van der Waals surface area contributed by atoms with Crippen LogP contribution in [0.1, 0.15) is 31.4 Å². The number of methoxy groups -OCH3 is 2. The summed E-state index contributed by atoms with van der Waals surface area (Å²) in [6, 6.07) is 19.4. The second kappa shape index (κ2) is 13.8. The summed E-state index contributed by atoms with van der Waals surface area (Å²) in [5.41, 5.74) is 1.88. The van der Waals surface area contributed by atoms with Gasteiger partial charge in [0.25, 0.3) is 10.0 Å². The van der Waals surface area contributed by atoms with E-state index in [1.165, 1.54) is 24.1 Å². The Morgan fingerprint density at radius 3 is 2.12 bits per heavy atom. The summed E-state index contributed by atoms with van der Waals surface area (Å²) in [4.78, 5) is 28.6. The summed E-state index contributed by atoms with van der Waals surface area (Å²) < 4.78 is 39.7. The van der Waals surface area contributed by atoms with Crippen LogP contribution in [0, 0.1) is 6.92 Å². The molecule has 0 bridgehead atoms. The second-order valence-corrected chi connectivity index (χ2v) is 11.0. The van der Waals surface area contributed by atoms with Crippen LogP contribution in [-0.4, -0.2) is 58.5 Å². The zero-order chi connectivity index (χ0) is 29.3. The SMILES string of the molecule is CCNC(=O)[C@H](CC)N(Cc1ccc(OC)cc1)C(=O)CN(c1ccccc1OC)S(=O)(=O)c1ccc(C)cc1. The van der Waals surface area contributed by atoms with Crippen LogP contribution in [0.4, 0.5) is 5.69 Å². The highest BCUT2D eigenvalue weighted by atomic mass is 32.2. The Balaban J connectivity index is 2.08. The lowest BCUT2D eigenvalue weighted by molar-refractivity contribution is -0.140. The molecule has 0 saturated carbocycles. The number of likely N-dealkylation sites (N-methyl/N-ethyl adjacent to an activating group) is 1. The van der Waals surface area contributed by atoms with Crippen LogP contribution in [0.5, 0.6) is 11.5 Å². The van der Waals surface area contributed by atoms with Crippen LogP contribution in [0.15, 0.2) is 77.7 Å². The van der Waals surface area contributed by atoms with E-state index in [1.54, 1.807) is 62.6 Å². The molecule has 9 nitrogen and oxygen atoms in total.